The average molecular weight is 230 g/mol. The highest BCUT2D eigenvalue weighted by atomic mass is 28.4. The minimum Gasteiger partial charge on any atom is -0.404 e. The van der Waals surface area contributed by atoms with Crippen molar-refractivity contribution < 1.29 is 9.22 Å². The van der Waals surface area contributed by atoms with Crippen LogP contribution in [0.4, 0.5) is 0 Å². The molecule has 2 aromatic carbocycles. The third-order valence-corrected chi connectivity index (χ3v) is 5.45. The zero-order valence-corrected chi connectivity index (χ0v) is 10.1. The summed E-state index contributed by atoms with van der Waals surface area (Å²) in [5, 5.41) is 1.73. The van der Waals surface area contributed by atoms with Crippen molar-refractivity contribution in [1.29, 1.82) is 0 Å². The predicted molar refractivity (Wildman–Crippen MR) is 67.1 cm³/mol. The summed E-state index contributed by atoms with van der Waals surface area (Å²) < 4.78 is 5.40. The zero-order chi connectivity index (χ0) is 11.4. The molecule has 0 unspecified atom stereocenters. The van der Waals surface area contributed by atoms with Crippen LogP contribution in [-0.4, -0.2) is 20.5 Å². The van der Waals surface area contributed by atoms with Gasteiger partial charge in [-0.15, -0.1) is 0 Å². The summed E-state index contributed by atoms with van der Waals surface area (Å²) >= 11 is 0. The Bertz CT molecular complexity index is 403. The molecule has 82 valence electrons. The van der Waals surface area contributed by atoms with Crippen LogP contribution >= 0.6 is 0 Å². The number of hydrogen-bond acceptors (Lipinski definition) is 2. The van der Waals surface area contributed by atoms with Crippen LogP contribution in [0.25, 0.3) is 0 Å². The van der Waals surface area contributed by atoms with Crippen LogP contribution < -0.4 is 10.4 Å². The van der Waals surface area contributed by atoms with Gasteiger partial charge in [-0.1, -0.05) is 60.7 Å². The van der Waals surface area contributed by atoms with Crippen molar-refractivity contribution in [2.45, 2.75) is 0 Å². The first-order valence-electron chi connectivity index (χ1n) is 5.16. The summed E-state index contributed by atoms with van der Waals surface area (Å²) in [6, 6.07) is 19.1. The molecule has 0 aromatic heterocycles. The van der Waals surface area contributed by atoms with Crippen LogP contribution in [-0.2, 0) is 4.43 Å². The second-order valence-electron chi connectivity index (χ2n) is 3.58. The highest BCUT2D eigenvalue weighted by molar-refractivity contribution is 6.91. The Kier molecular flexibility index (Phi) is 3.19. The van der Waals surface area contributed by atoms with Gasteiger partial charge in [0.05, 0.1) is 0 Å². The largest absolute Gasteiger partial charge is 0.404 e. The van der Waals surface area contributed by atoms with E-state index in [4.69, 9.17) is 4.43 Å². The fraction of sp³-hybridized carbons (Fsp3) is 0.0769. The summed E-state index contributed by atoms with van der Waals surface area (Å²) in [5.41, 5.74) is 0. The molecule has 0 saturated carbocycles. The number of benzene rings is 2. The number of rotatable bonds is 3. The Balaban J connectivity index is 2.49. The van der Waals surface area contributed by atoms with Crippen molar-refractivity contribution in [1.82, 2.24) is 0 Å². The van der Waals surface area contributed by atoms with Crippen molar-refractivity contribution in [3.8, 4) is 0 Å². The molecule has 0 radical (unpaired) electrons. The van der Waals surface area contributed by atoms with Gasteiger partial charge in [0, 0.05) is 7.11 Å². The Morgan fingerprint density at radius 2 is 1.19 bits per heavy atom. The van der Waals surface area contributed by atoms with Gasteiger partial charge in [-0.3, -0.25) is 0 Å². The van der Waals surface area contributed by atoms with E-state index in [1.807, 2.05) is 60.7 Å². The maximum absolute atomic E-state index is 10.7. The van der Waals surface area contributed by atoms with Gasteiger partial charge in [-0.2, -0.15) is 0 Å². The number of hydrogen-bond donors (Lipinski definition) is 1. The standard InChI is InChI=1S/C13H14O2Si/c1-15-16(14,12-8-4-2-5-9-12)13-10-6-3-7-11-13/h2-11,14H,1H3. The molecule has 0 aliphatic rings. The molecule has 2 rings (SSSR count). The lowest BCUT2D eigenvalue weighted by molar-refractivity contribution is 0.321. The van der Waals surface area contributed by atoms with E-state index in [2.05, 4.69) is 0 Å². The lowest BCUT2D eigenvalue weighted by atomic mass is 10.4. The molecule has 0 saturated heterocycles. The molecule has 2 aromatic rings. The SMILES string of the molecule is CO[Si](O)(c1ccccc1)c1ccccc1. The summed E-state index contributed by atoms with van der Waals surface area (Å²) in [4.78, 5) is 10.7. The van der Waals surface area contributed by atoms with Gasteiger partial charge in [0.1, 0.15) is 0 Å². The van der Waals surface area contributed by atoms with Gasteiger partial charge in [-0.25, -0.2) is 0 Å². The maximum atomic E-state index is 10.7. The molecule has 16 heavy (non-hydrogen) atoms. The highest BCUT2D eigenvalue weighted by Crippen LogP contribution is 2.02. The molecule has 0 amide bonds. The minimum absolute atomic E-state index is 0.865. The average Bonchev–Trinajstić information content (AvgIpc) is 2.40. The van der Waals surface area contributed by atoms with Crippen LogP contribution in [0.2, 0.25) is 0 Å². The molecule has 2 nitrogen and oxygen atoms in total. The molecule has 3 heteroatoms. The van der Waals surface area contributed by atoms with Crippen LogP contribution in [0.5, 0.6) is 0 Å². The molecule has 0 heterocycles. The van der Waals surface area contributed by atoms with Gasteiger partial charge in [-0.05, 0) is 10.4 Å². The molecule has 0 aliphatic carbocycles. The monoisotopic (exact) mass is 230 g/mol. The van der Waals surface area contributed by atoms with Gasteiger partial charge in [0.25, 0.3) is 0 Å². The third kappa shape index (κ3) is 1.93. The Labute approximate surface area is 96.4 Å². The molecular weight excluding hydrogens is 216 g/mol. The first kappa shape index (κ1) is 11.1. The van der Waals surface area contributed by atoms with E-state index in [1.165, 1.54) is 0 Å². The van der Waals surface area contributed by atoms with Crippen molar-refractivity contribution in [2.75, 3.05) is 7.11 Å². The molecule has 0 atom stereocenters. The lowest BCUT2D eigenvalue weighted by Crippen LogP contribution is -2.60. The van der Waals surface area contributed by atoms with E-state index in [-0.39, 0.29) is 0 Å². The first-order chi connectivity index (χ1) is 7.77. The van der Waals surface area contributed by atoms with E-state index >= 15 is 0 Å². The minimum atomic E-state index is -2.98. The summed E-state index contributed by atoms with van der Waals surface area (Å²) in [6.45, 7) is 0. The smallest absolute Gasteiger partial charge is 0.404 e. The van der Waals surface area contributed by atoms with E-state index in [9.17, 15) is 4.80 Å². The van der Waals surface area contributed by atoms with Gasteiger partial charge in [0.15, 0.2) is 0 Å². The molecule has 0 fully saturated rings. The quantitative estimate of drug-likeness (QED) is 0.793. The van der Waals surface area contributed by atoms with E-state index < -0.39 is 8.56 Å². The molecule has 0 spiro atoms. The molecule has 1 N–H and O–H groups in total. The normalized spacial score (nSPS) is 11.4. The Morgan fingerprint density at radius 1 is 0.812 bits per heavy atom. The summed E-state index contributed by atoms with van der Waals surface area (Å²) in [6.07, 6.45) is 0. The van der Waals surface area contributed by atoms with Crippen LogP contribution in [0.3, 0.4) is 0 Å². The maximum Gasteiger partial charge on any atom is 0.404 e. The van der Waals surface area contributed by atoms with E-state index in [0.29, 0.717) is 0 Å². The van der Waals surface area contributed by atoms with Crippen LogP contribution in [0, 0.1) is 0 Å². The van der Waals surface area contributed by atoms with Crippen molar-refractivity contribution in [2.24, 2.45) is 0 Å². The van der Waals surface area contributed by atoms with Crippen molar-refractivity contribution in [3.05, 3.63) is 60.7 Å². The fourth-order valence-corrected chi connectivity index (χ4v) is 3.82. The Morgan fingerprint density at radius 3 is 1.50 bits per heavy atom. The molecule has 0 bridgehead atoms. The zero-order valence-electron chi connectivity index (χ0n) is 9.13. The van der Waals surface area contributed by atoms with E-state index in [1.54, 1.807) is 7.11 Å². The second-order valence-corrected chi connectivity index (χ2v) is 6.43. The first-order valence-corrected chi connectivity index (χ1v) is 7.01. The van der Waals surface area contributed by atoms with Crippen molar-refractivity contribution in [3.63, 3.8) is 0 Å². The van der Waals surface area contributed by atoms with Gasteiger partial charge >= 0.3 is 8.56 Å². The summed E-state index contributed by atoms with van der Waals surface area (Å²) in [7, 11) is -1.41. The van der Waals surface area contributed by atoms with Gasteiger partial charge < -0.3 is 9.22 Å². The highest BCUT2D eigenvalue weighted by Gasteiger charge is 2.37. The predicted octanol–water partition coefficient (Wildman–Crippen LogP) is 0.882. The lowest BCUT2D eigenvalue weighted by Gasteiger charge is -2.23. The second kappa shape index (κ2) is 4.61. The third-order valence-electron chi connectivity index (χ3n) is 2.63. The molecule has 0 aliphatic heterocycles. The fourth-order valence-electron chi connectivity index (χ4n) is 1.73. The van der Waals surface area contributed by atoms with Crippen LogP contribution in [0.15, 0.2) is 60.7 Å². The molecular formula is C13H14O2Si. The van der Waals surface area contributed by atoms with E-state index in [0.717, 1.165) is 10.4 Å². The Hall–Kier alpha value is -1.42. The van der Waals surface area contributed by atoms with Crippen molar-refractivity contribution >= 4 is 18.9 Å². The summed E-state index contributed by atoms with van der Waals surface area (Å²) in [5.74, 6) is 0. The van der Waals surface area contributed by atoms with Crippen LogP contribution in [0.1, 0.15) is 0 Å². The van der Waals surface area contributed by atoms with Gasteiger partial charge in [0.2, 0.25) is 0 Å². The topological polar surface area (TPSA) is 29.5 Å².